The summed E-state index contributed by atoms with van der Waals surface area (Å²) in [5, 5.41) is 0. The van der Waals surface area contributed by atoms with Crippen LogP contribution in [-0.4, -0.2) is 36.8 Å². The van der Waals surface area contributed by atoms with Crippen LogP contribution >= 0.6 is 0 Å². The standard InChI is InChI=1S/C17H32NO2/c1-4-6-7-8-10-13-17(19)20-16(5-2)18(3)14-11-9-12-15-18/h9,11,16H,4-8,10,12-15H2,1-3H3/q+1. The zero-order chi connectivity index (χ0) is 14.8. The minimum absolute atomic E-state index is 0.0118. The number of hydrogen-bond acceptors (Lipinski definition) is 2. The number of likely N-dealkylation sites (N-methyl/N-ethyl adjacent to an activating group) is 1. The second-order valence-electron chi connectivity index (χ2n) is 6.16. The van der Waals surface area contributed by atoms with Gasteiger partial charge in [-0.3, -0.25) is 9.28 Å². The van der Waals surface area contributed by atoms with Gasteiger partial charge in [-0.05, 0) is 12.5 Å². The first-order chi connectivity index (χ1) is 9.62. The van der Waals surface area contributed by atoms with Crippen LogP contribution in [0.25, 0.3) is 0 Å². The summed E-state index contributed by atoms with van der Waals surface area (Å²) in [6.07, 6.45) is 12.9. The van der Waals surface area contributed by atoms with E-state index < -0.39 is 0 Å². The van der Waals surface area contributed by atoms with Crippen molar-refractivity contribution in [1.82, 2.24) is 0 Å². The lowest BCUT2D eigenvalue weighted by Gasteiger charge is -2.40. The zero-order valence-corrected chi connectivity index (χ0v) is 13.6. The summed E-state index contributed by atoms with van der Waals surface area (Å²) >= 11 is 0. The van der Waals surface area contributed by atoms with Crippen molar-refractivity contribution < 1.29 is 14.0 Å². The molecule has 1 heterocycles. The summed E-state index contributed by atoms with van der Waals surface area (Å²) in [5.74, 6) is -0.0118. The molecule has 0 fully saturated rings. The lowest BCUT2D eigenvalue weighted by atomic mass is 10.1. The van der Waals surface area contributed by atoms with Gasteiger partial charge in [-0.25, -0.2) is 0 Å². The molecule has 0 saturated heterocycles. The molecule has 0 aliphatic carbocycles. The number of carbonyl (C=O) groups excluding carboxylic acids is 1. The maximum Gasteiger partial charge on any atom is 0.310 e. The Morgan fingerprint density at radius 2 is 1.95 bits per heavy atom. The third-order valence-electron chi connectivity index (χ3n) is 4.29. The highest BCUT2D eigenvalue weighted by Crippen LogP contribution is 2.20. The number of unbranched alkanes of at least 4 members (excludes halogenated alkanes) is 4. The Bertz CT molecular complexity index is 314. The number of quaternary nitrogens is 1. The van der Waals surface area contributed by atoms with Crippen LogP contribution in [0.1, 0.15) is 65.2 Å². The number of carbonyl (C=O) groups is 1. The monoisotopic (exact) mass is 282 g/mol. The highest BCUT2D eigenvalue weighted by atomic mass is 16.6. The molecule has 116 valence electrons. The smallest absolute Gasteiger partial charge is 0.310 e. The van der Waals surface area contributed by atoms with Gasteiger partial charge in [-0.1, -0.05) is 45.6 Å². The highest BCUT2D eigenvalue weighted by molar-refractivity contribution is 5.69. The summed E-state index contributed by atoms with van der Waals surface area (Å²) in [6.45, 7) is 6.36. The van der Waals surface area contributed by atoms with E-state index in [2.05, 4.69) is 33.0 Å². The van der Waals surface area contributed by atoms with Crippen LogP contribution < -0.4 is 0 Å². The lowest BCUT2D eigenvalue weighted by molar-refractivity contribution is -0.948. The summed E-state index contributed by atoms with van der Waals surface area (Å²) in [6, 6.07) is 0. The second kappa shape index (κ2) is 9.17. The quantitative estimate of drug-likeness (QED) is 0.276. The fourth-order valence-electron chi connectivity index (χ4n) is 2.89. The molecule has 3 nitrogen and oxygen atoms in total. The number of hydrogen-bond donors (Lipinski definition) is 0. The average Bonchev–Trinajstić information content (AvgIpc) is 2.45. The summed E-state index contributed by atoms with van der Waals surface area (Å²) in [5.41, 5.74) is 0. The SMILES string of the molecule is CCCCCCCC(=O)OC(CC)[N+]1(C)CC=CCC1. The Morgan fingerprint density at radius 3 is 2.55 bits per heavy atom. The van der Waals surface area contributed by atoms with E-state index >= 15 is 0 Å². The molecule has 2 unspecified atom stereocenters. The van der Waals surface area contributed by atoms with Crippen molar-refractivity contribution in [1.29, 1.82) is 0 Å². The molecule has 20 heavy (non-hydrogen) atoms. The Morgan fingerprint density at radius 1 is 1.20 bits per heavy atom. The molecule has 1 aliphatic heterocycles. The first kappa shape index (κ1) is 17.2. The van der Waals surface area contributed by atoms with E-state index in [9.17, 15) is 4.79 Å². The van der Waals surface area contributed by atoms with Crippen LogP contribution in [-0.2, 0) is 9.53 Å². The van der Waals surface area contributed by atoms with Gasteiger partial charge in [0.2, 0.25) is 6.23 Å². The molecule has 0 amide bonds. The predicted octanol–water partition coefficient (Wildman–Crippen LogP) is 4.03. The van der Waals surface area contributed by atoms with E-state index in [1.165, 1.54) is 19.3 Å². The van der Waals surface area contributed by atoms with Crippen molar-refractivity contribution in [3.63, 3.8) is 0 Å². The van der Waals surface area contributed by atoms with E-state index in [0.29, 0.717) is 6.42 Å². The van der Waals surface area contributed by atoms with E-state index in [0.717, 1.165) is 43.3 Å². The molecular weight excluding hydrogens is 250 g/mol. The van der Waals surface area contributed by atoms with E-state index in [4.69, 9.17) is 4.74 Å². The van der Waals surface area contributed by atoms with Gasteiger partial charge in [0, 0.05) is 19.3 Å². The molecule has 0 aromatic heterocycles. The van der Waals surface area contributed by atoms with Crippen LogP contribution in [0.3, 0.4) is 0 Å². The normalized spacial score (nSPS) is 23.6. The van der Waals surface area contributed by atoms with Crippen molar-refractivity contribution in [2.75, 3.05) is 20.1 Å². The van der Waals surface area contributed by atoms with Gasteiger partial charge in [0.15, 0.2) is 0 Å². The number of nitrogens with zero attached hydrogens (tertiary/aromatic N) is 1. The van der Waals surface area contributed by atoms with Gasteiger partial charge in [0.25, 0.3) is 0 Å². The van der Waals surface area contributed by atoms with Gasteiger partial charge in [-0.15, -0.1) is 0 Å². The zero-order valence-electron chi connectivity index (χ0n) is 13.6. The van der Waals surface area contributed by atoms with E-state index in [1.807, 2.05) is 0 Å². The molecule has 0 saturated carbocycles. The van der Waals surface area contributed by atoms with Crippen molar-refractivity contribution >= 4 is 5.97 Å². The Hall–Kier alpha value is -0.830. The third-order valence-corrected chi connectivity index (χ3v) is 4.29. The Balaban J connectivity index is 2.32. The second-order valence-corrected chi connectivity index (χ2v) is 6.16. The minimum atomic E-state index is -0.0118. The summed E-state index contributed by atoms with van der Waals surface area (Å²) in [4.78, 5) is 12.0. The fraction of sp³-hybridized carbons (Fsp3) is 0.824. The largest absolute Gasteiger partial charge is 0.412 e. The lowest BCUT2D eigenvalue weighted by Crippen LogP contribution is -2.55. The van der Waals surface area contributed by atoms with Crippen LogP contribution in [0.15, 0.2) is 12.2 Å². The molecule has 0 aromatic rings. The molecule has 0 aromatic carbocycles. The number of esters is 1. The highest BCUT2D eigenvalue weighted by Gasteiger charge is 2.34. The van der Waals surface area contributed by atoms with E-state index in [1.54, 1.807) is 0 Å². The maximum absolute atomic E-state index is 12.0. The number of ether oxygens (including phenoxy) is 1. The molecule has 0 spiro atoms. The van der Waals surface area contributed by atoms with Gasteiger partial charge >= 0.3 is 5.97 Å². The summed E-state index contributed by atoms with van der Waals surface area (Å²) < 4.78 is 6.59. The van der Waals surface area contributed by atoms with Gasteiger partial charge in [0.1, 0.15) is 6.54 Å². The van der Waals surface area contributed by atoms with Crippen molar-refractivity contribution in [3.8, 4) is 0 Å². The molecule has 1 rings (SSSR count). The molecule has 2 atom stereocenters. The predicted molar refractivity (Wildman–Crippen MR) is 83.2 cm³/mol. The van der Waals surface area contributed by atoms with Crippen molar-refractivity contribution in [2.45, 2.75) is 71.4 Å². The maximum atomic E-state index is 12.0. The van der Waals surface area contributed by atoms with Gasteiger partial charge in [-0.2, -0.15) is 0 Å². The molecule has 0 bridgehead atoms. The first-order valence-electron chi connectivity index (χ1n) is 8.31. The Labute approximate surface area is 124 Å². The van der Waals surface area contributed by atoms with Crippen LogP contribution in [0.5, 0.6) is 0 Å². The van der Waals surface area contributed by atoms with Crippen LogP contribution in [0.2, 0.25) is 0 Å². The van der Waals surface area contributed by atoms with Crippen molar-refractivity contribution in [3.05, 3.63) is 12.2 Å². The molecule has 1 aliphatic rings. The minimum Gasteiger partial charge on any atom is -0.412 e. The van der Waals surface area contributed by atoms with Crippen LogP contribution in [0, 0.1) is 0 Å². The fourth-order valence-corrected chi connectivity index (χ4v) is 2.89. The van der Waals surface area contributed by atoms with Gasteiger partial charge < -0.3 is 4.74 Å². The third kappa shape index (κ3) is 5.66. The average molecular weight is 282 g/mol. The topological polar surface area (TPSA) is 26.3 Å². The van der Waals surface area contributed by atoms with Gasteiger partial charge in [0.05, 0.1) is 13.6 Å². The van der Waals surface area contributed by atoms with Crippen LogP contribution in [0.4, 0.5) is 0 Å². The van der Waals surface area contributed by atoms with E-state index in [-0.39, 0.29) is 12.2 Å². The summed E-state index contributed by atoms with van der Waals surface area (Å²) in [7, 11) is 2.20. The molecule has 0 N–H and O–H groups in total. The number of rotatable bonds is 9. The molecule has 3 heteroatoms. The molecular formula is C17H32NO2+. The Kier molecular flexibility index (Phi) is 7.90. The first-order valence-corrected chi connectivity index (χ1v) is 8.31. The van der Waals surface area contributed by atoms with Crippen molar-refractivity contribution in [2.24, 2.45) is 0 Å². The molecule has 0 radical (unpaired) electrons.